The monoisotopic (exact) mass is 232 g/mol. The molecule has 1 aromatic carbocycles. The predicted molar refractivity (Wildman–Crippen MR) is 60.7 cm³/mol. The summed E-state index contributed by atoms with van der Waals surface area (Å²) in [5, 5.41) is 3.82. The maximum Gasteiger partial charge on any atom is 0.234 e. The summed E-state index contributed by atoms with van der Waals surface area (Å²) in [5.74, 6) is 1.50. The zero-order valence-electron chi connectivity index (χ0n) is 9.64. The van der Waals surface area contributed by atoms with Gasteiger partial charge in [-0.05, 0) is 19.1 Å². The van der Waals surface area contributed by atoms with Gasteiger partial charge >= 0.3 is 0 Å². The van der Waals surface area contributed by atoms with Gasteiger partial charge in [-0.1, -0.05) is 17.3 Å². The summed E-state index contributed by atoms with van der Waals surface area (Å²) in [6, 6.07) is 7.34. The Hall–Kier alpha value is -2.17. The summed E-state index contributed by atoms with van der Waals surface area (Å²) in [6.07, 6.45) is 0.164. The van der Waals surface area contributed by atoms with Crippen molar-refractivity contribution in [1.29, 1.82) is 0 Å². The molecule has 0 spiro atoms. The van der Waals surface area contributed by atoms with Crippen molar-refractivity contribution in [3.8, 4) is 17.1 Å². The molecule has 0 fully saturated rings. The van der Waals surface area contributed by atoms with Crippen molar-refractivity contribution in [1.82, 2.24) is 10.1 Å². The molecule has 17 heavy (non-hydrogen) atoms. The van der Waals surface area contributed by atoms with Crippen LogP contribution in [0.15, 0.2) is 28.8 Å². The van der Waals surface area contributed by atoms with E-state index in [9.17, 15) is 4.79 Å². The molecule has 0 saturated carbocycles. The zero-order chi connectivity index (χ0) is 12.3. The standard InChI is InChI=1S/C12H12N2O3/c1-8(15)6-11-13-12(14-17-11)9-4-3-5-10(7-9)16-2/h3-5,7H,6H2,1-2H3. The molecular weight excluding hydrogens is 220 g/mol. The van der Waals surface area contributed by atoms with Gasteiger partial charge in [0, 0.05) is 5.56 Å². The van der Waals surface area contributed by atoms with Crippen LogP contribution >= 0.6 is 0 Å². The minimum absolute atomic E-state index is 0.00848. The van der Waals surface area contributed by atoms with Gasteiger partial charge in [0.05, 0.1) is 13.5 Å². The summed E-state index contributed by atoms with van der Waals surface area (Å²) in [6.45, 7) is 1.48. The fraction of sp³-hybridized carbons (Fsp3) is 0.250. The summed E-state index contributed by atoms with van der Waals surface area (Å²) < 4.78 is 10.1. The molecule has 0 bridgehead atoms. The van der Waals surface area contributed by atoms with Gasteiger partial charge in [0.25, 0.3) is 0 Å². The van der Waals surface area contributed by atoms with E-state index in [2.05, 4.69) is 10.1 Å². The molecule has 0 aliphatic carbocycles. The Morgan fingerprint density at radius 1 is 1.47 bits per heavy atom. The number of rotatable bonds is 4. The first-order chi connectivity index (χ1) is 8.19. The molecule has 88 valence electrons. The van der Waals surface area contributed by atoms with Crippen LogP contribution in [0.4, 0.5) is 0 Å². The Bertz CT molecular complexity index is 534. The van der Waals surface area contributed by atoms with Gasteiger partial charge in [-0.2, -0.15) is 4.98 Å². The molecular formula is C12H12N2O3. The van der Waals surface area contributed by atoms with Gasteiger partial charge in [-0.15, -0.1) is 0 Å². The molecule has 5 nitrogen and oxygen atoms in total. The second-order valence-corrected chi connectivity index (χ2v) is 3.62. The number of hydrogen-bond donors (Lipinski definition) is 0. The van der Waals surface area contributed by atoms with Crippen LogP contribution in [0.2, 0.25) is 0 Å². The molecule has 0 aliphatic rings. The van der Waals surface area contributed by atoms with Crippen LogP contribution in [-0.2, 0) is 11.2 Å². The number of ketones is 1. The molecule has 0 amide bonds. The van der Waals surface area contributed by atoms with Crippen molar-refractivity contribution in [2.75, 3.05) is 7.11 Å². The minimum Gasteiger partial charge on any atom is -0.497 e. The predicted octanol–water partition coefficient (Wildman–Crippen LogP) is 1.88. The molecule has 2 aromatic rings. The van der Waals surface area contributed by atoms with Crippen LogP contribution in [0.25, 0.3) is 11.4 Å². The van der Waals surface area contributed by atoms with E-state index in [0.29, 0.717) is 11.7 Å². The minimum atomic E-state index is -0.00848. The van der Waals surface area contributed by atoms with Crippen LogP contribution in [-0.4, -0.2) is 23.0 Å². The third kappa shape index (κ3) is 2.69. The number of ether oxygens (including phenoxy) is 1. The van der Waals surface area contributed by atoms with Crippen LogP contribution in [0.1, 0.15) is 12.8 Å². The Balaban J connectivity index is 2.26. The van der Waals surface area contributed by atoms with Crippen LogP contribution < -0.4 is 4.74 Å². The Labute approximate surface area is 98.4 Å². The third-order valence-electron chi connectivity index (χ3n) is 2.20. The highest BCUT2D eigenvalue weighted by molar-refractivity contribution is 5.77. The van der Waals surface area contributed by atoms with Crippen molar-refractivity contribution in [3.05, 3.63) is 30.2 Å². The Morgan fingerprint density at radius 2 is 2.29 bits per heavy atom. The van der Waals surface area contributed by atoms with Crippen molar-refractivity contribution >= 4 is 5.78 Å². The lowest BCUT2D eigenvalue weighted by Crippen LogP contribution is -1.96. The van der Waals surface area contributed by atoms with Gasteiger partial charge in [0.15, 0.2) is 0 Å². The molecule has 5 heteroatoms. The maximum atomic E-state index is 10.9. The second kappa shape index (κ2) is 4.78. The summed E-state index contributed by atoms with van der Waals surface area (Å²) in [4.78, 5) is 15.1. The van der Waals surface area contributed by atoms with Crippen LogP contribution in [0.5, 0.6) is 5.75 Å². The highest BCUT2D eigenvalue weighted by atomic mass is 16.5. The number of aromatic nitrogens is 2. The number of benzene rings is 1. The average molecular weight is 232 g/mol. The smallest absolute Gasteiger partial charge is 0.234 e. The maximum absolute atomic E-state index is 10.9. The second-order valence-electron chi connectivity index (χ2n) is 3.62. The molecule has 0 unspecified atom stereocenters. The van der Waals surface area contributed by atoms with Crippen molar-refractivity contribution < 1.29 is 14.1 Å². The van der Waals surface area contributed by atoms with Gasteiger partial charge < -0.3 is 9.26 Å². The average Bonchev–Trinajstić information content (AvgIpc) is 2.77. The molecule has 0 aliphatic heterocycles. The summed E-state index contributed by atoms with van der Waals surface area (Å²) >= 11 is 0. The normalized spacial score (nSPS) is 10.2. The first kappa shape index (κ1) is 11.3. The van der Waals surface area contributed by atoms with Crippen LogP contribution in [0, 0.1) is 0 Å². The topological polar surface area (TPSA) is 65.2 Å². The van der Waals surface area contributed by atoms with E-state index in [-0.39, 0.29) is 12.2 Å². The summed E-state index contributed by atoms with van der Waals surface area (Å²) in [7, 11) is 1.59. The number of Topliss-reactive ketones (excluding diaryl/α,β-unsaturated/α-hetero) is 1. The number of carbonyl (C=O) groups is 1. The summed E-state index contributed by atoms with van der Waals surface area (Å²) in [5.41, 5.74) is 0.794. The van der Waals surface area contributed by atoms with Crippen molar-refractivity contribution in [3.63, 3.8) is 0 Å². The molecule has 0 saturated heterocycles. The van der Waals surface area contributed by atoms with E-state index in [1.54, 1.807) is 7.11 Å². The van der Waals surface area contributed by atoms with E-state index in [1.807, 2.05) is 24.3 Å². The Morgan fingerprint density at radius 3 is 3.00 bits per heavy atom. The van der Waals surface area contributed by atoms with E-state index in [4.69, 9.17) is 9.26 Å². The fourth-order valence-corrected chi connectivity index (χ4v) is 1.42. The van der Waals surface area contributed by atoms with Crippen molar-refractivity contribution in [2.45, 2.75) is 13.3 Å². The van der Waals surface area contributed by atoms with Gasteiger partial charge in [-0.25, -0.2) is 0 Å². The largest absolute Gasteiger partial charge is 0.497 e. The lowest BCUT2D eigenvalue weighted by atomic mass is 10.2. The van der Waals surface area contributed by atoms with E-state index in [0.717, 1.165) is 11.3 Å². The molecule has 1 aromatic heterocycles. The molecule has 0 radical (unpaired) electrons. The number of carbonyl (C=O) groups excluding carboxylic acids is 1. The molecule has 2 rings (SSSR count). The fourth-order valence-electron chi connectivity index (χ4n) is 1.42. The number of methoxy groups -OCH3 is 1. The lowest BCUT2D eigenvalue weighted by molar-refractivity contribution is -0.116. The molecule has 0 N–H and O–H groups in total. The van der Waals surface area contributed by atoms with E-state index < -0.39 is 0 Å². The SMILES string of the molecule is COc1cccc(-c2noc(CC(C)=O)n2)c1. The third-order valence-corrected chi connectivity index (χ3v) is 2.20. The highest BCUT2D eigenvalue weighted by Gasteiger charge is 2.10. The molecule has 0 atom stereocenters. The Kier molecular flexibility index (Phi) is 3.18. The van der Waals surface area contributed by atoms with E-state index >= 15 is 0 Å². The zero-order valence-corrected chi connectivity index (χ0v) is 9.64. The van der Waals surface area contributed by atoms with Crippen LogP contribution in [0.3, 0.4) is 0 Å². The number of nitrogens with zero attached hydrogens (tertiary/aromatic N) is 2. The first-order valence-electron chi connectivity index (χ1n) is 5.15. The quantitative estimate of drug-likeness (QED) is 0.805. The van der Waals surface area contributed by atoms with Gasteiger partial charge in [0.1, 0.15) is 11.5 Å². The lowest BCUT2D eigenvalue weighted by Gasteiger charge is -1.99. The number of hydrogen-bond acceptors (Lipinski definition) is 5. The van der Waals surface area contributed by atoms with Gasteiger partial charge in [-0.3, -0.25) is 4.79 Å². The molecule has 1 heterocycles. The van der Waals surface area contributed by atoms with Crippen molar-refractivity contribution in [2.24, 2.45) is 0 Å². The highest BCUT2D eigenvalue weighted by Crippen LogP contribution is 2.21. The van der Waals surface area contributed by atoms with Gasteiger partial charge in [0.2, 0.25) is 11.7 Å². The van der Waals surface area contributed by atoms with E-state index in [1.165, 1.54) is 6.92 Å². The first-order valence-corrected chi connectivity index (χ1v) is 5.15.